The van der Waals surface area contributed by atoms with Gasteiger partial charge in [0.15, 0.2) is 0 Å². The van der Waals surface area contributed by atoms with Crippen LogP contribution in [0, 0.1) is 11.3 Å². The molecule has 1 atom stereocenters. The summed E-state index contributed by atoms with van der Waals surface area (Å²) in [6.07, 6.45) is 0. The highest BCUT2D eigenvalue weighted by Crippen LogP contribution is 2.24. The van der Waals surface area contributed by atoms with Crippen LogP contribution in [-0.4, -0.2) is 49.0 Å². The summed E-state index contributed by atoms with van der Waals surface area (Å²) in [6.45, 7) is 4.37. The Bertz CT molecular complexity index is 516. The Balaban J connectivity index is 2.10. The molecule has 0 saturated carbocycles. The normalized spacial score (nSPS) is 17.4. The van der Waals surface area contributed by atoms with Crippen molar-refractivity contribution in [3.8, 4) is 11.8 Å². The summed E-state index contributed by atoms with van der Waals surface area (Å²) < 4.78 is 5.20. The topological polar surface area (TPSA) is 56.6 Å². The van der Waals surface area contributed by atoms with Gasteiger partial charge in [-0.05, 0) is 17.7 Å². The second-order valence-electron chi connectivity index (χ2n) is 4.85. The molecule has 5 nitrogen and oxygen atoms in total. The first-order valence-electron chi connectivity index (χ1n) is 6.69. The van der Waals surface area contributed by atoms with Gasteiger partial charge in [-0.2, -0.15) is 5.26 Å². The average Bonchev–Trinajstić information content (AvgIpc) is 2.49. The maximum absolute atomic E-state index is 11.3. The Morgan fingerprint density at radius 3 is 2.60 bits per heavy atom. The van der Waals surface area contributed by atoms with Crippen molar-refractivity contribution in [2.45, 2.75) is 13.0 Å². The number of benzene rings is 1. The SMILES string of the molecule is COc1cccc(C(C#N)N2CCN(C(C)=O)CC2)c1. The first kappa shape index (κ1) is 14.4. The lowest BCUT2D eigenvalue weighted by Gasteiger charge is -2.36. The predicted molar refractivity (Wildman–Crippen MR) is 75.2 cm³/mol. The van der Waals surface area contributed by atoms with Crippen molar-refractivity contribution in [3.05, 3.63) is 29.8 Å². The molecule has 0 N–H and O–H groups in total. The van der Waals surface area contributed by atoms with Crippen molar-refractivity contribution in [2.75, 3.05) is 33.3 Å². The minimum absolute atomic E-state index is 0.0968. The smallest absolute Gasteiger partial charge is 0.219 e. The second kappa shape index (κ2) is 6.40. The zero-order chi connectivity index (χ0) is 14.5. The van der Waals surface area contributed by atoms with Crippen LogP contribution in [0.5, 0.6) is 5.75 Å². The van der Waals surface area contributed by atoms with E-state index in [0.717, 1.165) is 24.4 Å². The van der Waals surface area contributed by atoms with Crippen LogP contribution in [0.1, 0.15) is 18.5 Å². The molecule has 1 aromatic carbocycles. The second-order valence-corrected chi connectivity index (χ2v) is 4.85. The molecule has 1 aliphatic heterocycles. The lowest BCUT2D eigenvalue weighted by molar-refractivity contribution is -0.130. The highest BCUT2D eigenvalue weighted by atomic mass is 16.5. The number of ether oxygens (including phenoxy) is 1. The van der Waals surface area contributed by atoms with Gasteiger partial charge in [0.1, 0.15) is 11.8 Å². The van der Waals surface area contributed by atoms with Gasteiger partial charge in [-0.15, -0.1) is 0 Å². The predicted octanol–water partition coefficient (Wildman–Crippen LogP) is 1.42. The molecule has 0 bridgehead atoms. The molecular formula is C15H19N3O2. The van der Waals surface area contributed by atoms with E-state index in [2.05, 4.69) is 11.0 Å². The third-order valence-corrected chi connectivity index (χ3v) is 3.66. The molecule has 5 heteroatoms. The quantitative estimate of drug-likeness (QED) is 0.836. The molecule has 0 radical (unpaired) electrons. The van der Waals surface area contributed by atoms with Crippen LogP contribution >= 0.6 is 0 Å². The molecule has 1 heterocycles. The lowest BCUT2D eigenvalue weighted by Crippen LogP contribution is -2.48. The number of rotatable bonds is 3. The van der Waals surface area contributed by atoms with Gasteiger partial charge in [-0.25, -0.2) is 0 Å². The fraction of sp³-hybridized carbons (Fsp3) is 0.467. The molecule has 1 unspecified atom stereocenters. The first-order valence-corrected chi connectivity index (χ1v) is 6.69. The number of amides is 1. The van der Waals surface area contributed by atoms with E-state index in [-0.39, 0.29) is 11.9 Å². The van der Waals surface area contributed by atoms with Gasteiger partial charge in [-0.3, -0.25) is 9.69 Å². The molecular weight excluding hydrogens is 254 g/mol. The average molecular weight is 273 g/mol. The fourth-order valence-electron chi connectivity index (χ4n) is 2.47. The highest BCUT2D eigenvalue weighted by molar-refractivity contribution is 5.73. The van der Waals surface area contributed by atoms with Gasteiger partial charge in [-0.1, -0.05) is 12.1 Å². The number of hydrogen-bond acceptors (Lipinski definition) is 4. The highest BCUT2D eigenvalue weighted by Gasteiger charge is 2.25. The van der Waals surface area contributed by atoms with E-state index in [0.29, 0.717) is 13.1 Å². The molecule has 1 amide bonds. The van der Waals surface area contributed by atoms with E-state index in [9.17, 15) is 10.1 Å². The van der Waals surface area contributed by atoms with E-state index in [1.54, 1.807) is 14.0 Å². The molecule has 1 aromatic rings. The lowest BCUT2D eigenvalue weighted by atomic mass is 10.1. The minimum atomic E-state index is -0.292. The summed E-state index contributed by atoms with van der Waals surface area (Å²) in [5.74, 6) is 0.852. The summed E-state index contributed by atoms with van der Waals surface area (Å²) in [5.41, 5.74) is 0.933. The molecule has 1 aliphatic rings. The number of nitrogens with zero attached hydrogens (tertiary/aromatic N) is 3. The Kier molecular flexibility index (Phi) is 4.59. The Morgan fingerprint density at radius 1 is 1.35 bits per heavy atom. The van der Waals surface area contributed by atoms with Gasteiger partial charge >= 0.3 is 0 Å². The molecule has 1 fully saturated rings. The van der Waals surface area contributed by atoms with Crippen LogP contribution < -0.4 is 4.74 Å². The molecule has 106 valence electrons. The van der Waals surface area contributed by atoms with Crippen molar-refractivity contribution < 1.29 is 9.53 Å². The van der Waals surface area contributed by atoms with Gasteiger partial charge in [0.2, 0.25) is 5.91 Å². The van der Waals surface area contributed by atoms with Gasteiger partial charge in [0.05, 0.1) is 13.2 Å². The third kappa shape index (κ3) is 3.09. The zero-order valence-corrected chi connectivity index (χ0v) is 11.9. The molecule has 0 aliphatic carbocycles. The maximum atomic E-state index is 11.3. The van der Waals surface area contributed by atoms with Crippen LogP contribution in [0.15, 0.2) is 24.3 Å². The monoisotopic (exact) mass is 273 g/mol. The number of hydrogen-bond donors (Lipinski definition) is 0. The Morgan fingerprint density at radius 2 is 2.05 bits per heavy atom. The largest absolute Gasteiger partial charge is 0.497 e. The van der Waals surface area contributed by atoms with Crippen molar-refractivity contribution >= 4 is 5.91 Å². The number of carbonyl (C=O) groups excluding carboxylic acids is 1. The van der Waals surface area contributed by atoms with E-state index in [1.165, 1.54) is 0 Å². The molecule has 1 saturated heterocycles. The zero-order valence-electron chi connectivity index (χ0n) is 11.9. The van der Waals surface area contributed by atoms with E-state index in [1.807, 2.05) is 29.2 Å². The molecule has 2 rings (SSSR count). The van der Waals surface area contributed by atoms with Crippen LogP contribution in [0.25, 0.3) is 0 Å². The summed E-state index contributed by atoms with van der Waals surface area (Å²) in [6, 6.07) is 9.65. The van der Waals surface area contributed by atoms with E-state index >= 15 is 0 Å². The Hall–Kier alpha value is -2.06. The van der Waals surface area contributed by atoms with Crippen molar-refractivity contribution in [2.24, 2.45) is 0 Å². The standard InChI is InChI=1S/C15H19N3O2/c1-12(19)17-6-8-18(9-7-17)15(11-16)13-4-3-5-14(10-13)20-2/h3-5,10,15H,6-9H2,1-2H3. The van der Waals surface area contributed by atoms with Crippen LogP contribution in [0.3, 0.4) is 0 Å². The van der Waals surface area contributed by atoms with Crippen LogP contribution in [0.4, 0.5) is 0 Å². The fourth-order valence-corrected chi connectivity index (χ4v) is 2.47. The summed E-state index contributed by atoms with van der Waals surface area (Å²) in [7, 11) is 1.62. The van der Waals surface area contributed by atoms with E-state index in [4.69, 9.17) is 4.74 Å². The summed E-state index contributed by atoms with van der Waals surface area (Å²) in [5, 5.41) is 9.46. The van der Waals surface area contributed by atoms with Crippen LogP contribution in [-0.2, 0) is 4.79 Å². The number of nitriles is 1. The number of carbonyl (C=O) groups is 1. The van der Waals surface area contributed by atoms with Gasteiger partial charge in [0, 0.05) is 33.1 Å². The van der Waals surface area contributed by atoms with Gasteiger partial charge < -0.3 is 9.64 Å². The number of methoxy groups -OCH3 is 1. The third-order valence-electron chi connectivity index (χ3n) is 3.66. The summed E-state index contributed by atoms with van der Waals surface area (Å²) in [4.78, 5) is 15.2. The molecule has 20 heavy (non-hydrogen) atoms. The molecule has 0 aromatic heterocycles. The van der Waals surface area contributed by atoms with Crippen molar-refractivity contribution in [1.29, 1.82) is 5.26 Å². The van der Waals surface area contributed by atoms with Crippen molar-refractivity contribution in [1.82, 2.24) is 9.80 Å². The Labute approximate surface area is 119 Å². The van der Waals surface area contributed by atoms with Crippen LogP contribution in [0.2, 0.25) is 0 Å². The summed E-state index contributed by atoms with van der Waals surface area (Å²) >= 11 is 0. The van der Waals surface area contributed by atoms with Crippen molar-refractivity contribution in [3.63, 3.8) is 0 Å². The first-order chi connectivity index (χ1) is 9.65. The number of piperazine rings is 1. The maximum Gasteiger partial charge on any atom is 0.219 e. The molecule has 0 spiro atoms. The minimum Gasteiger partial charge on any atom is -0.497 e. The van der Waals surface area contributed by atoms with Gasteiger partial charge in [0.25, 0.3) is 0 Å². The van der Waals surface area contributed by atoms with E-state index < -0.39 is 0 Å².